The van der Waals surface area contributed by atoms with Crippen molar-refractivity contribution in [3.63, 3.8) is 0 Å². The van der Waals surface area contributed by atoms with Crippen molar-refractivity contribution in [2.45, 2.75) is 90.3 Å². The molecule has 1 aromatic carbocycles. The van der Waals surface area contributed by atoms with Crippen LogP contribution in [-0.4, -0.2) is 12.5 Å². The molecule has 2 fully saturated rings. The summed E-state index contributed by atoms with van der Waals surface area (Å²) in [6, 6.07) is 8.50. The van der Waals surface area contributed by atoms with Gasteiger partial charge in [-0.15, -0.1) is 0 Å². The van der Waals surface area contributed by atoms with Crippen LogP contribution >= 0.6 is 0 Å². The predicted molar refractivity (Wildman–Crippen MR) is 121 cm³/mol. The molecule has 1 aromatic rings. The van der Waals surface area contributed by atoms with E-state index < -0.39 is 12.5 Å². The smallest absolute Gasteiger partial charge is 0.264 e. The van der Waals surface area contributed by atoms with E-state index in [1.165, 1.54) is 31.2 Å². The first-order valence-corrected chi connectivity index (χ1v) is 11.8. The monoisotopic (exact) mass is 416 g/mol. The minimum atomic E-state index is -2.42. The summed E-state index contributed by atoms with van der Waals surface area (Å²) in [5.74, 6) is 1.88. The van der Waals surface area contributed by atoms with E-state index in [0.29, 0.717) is 11.8 Å². The van der Waals surface area contributed by atoms with Gasteiger partial charge in [0.1, 0.15) is 6.10 Å². The minimum Gasteiger partial charge on any atom is -0.367 e. The maximum Gasteiger partial charge on any atom is 0.264 e. The third-order valence-electron chi connectivity index (χ3n) is 7.12. The summed E-state index contributed by atoms with van der Waals surface area (Å²) in [5, 5.41) is 0. The molecule has 3 rings (SSSR count). The number of allylic oxidation sites excluding steroid dienone is 4. The lowest BCUT2D eigenvalue weighted by atomic mass is 9.78. The van der Waals surface area contributed by atoms with Gasteiger partial charge in [0.2, 0.25) is 0 Å². The van der Waals surface area contributed by atoms with Crippen LogP contribution in [0.15, 0.2) is 48.6 Å². The number of ether oxygens (including phenoxy) is 1. The Kier molecular flexibility index (Phi) is 9.11. The molecule has 166 valence electrons. The molecule has 0 spiro atoms. The van der Waals surface area contributed by atoms with Gasteiger partial charge in [-0.1, -0.05) is 48.6 Å². The van der Waals surface area contributed by atoms with E-state index in [1.807, 2.05) is 6.92 Å². The molecule has 0 amide bonds. The lowest BCUT2D eigenvalue weighted by Gasteiger charge is -2.32. The standard InChI is InChI=1S/C27H38F2O/c1-3-5-20-7-13-23(14-8-20)24-15-11-22(12-16-24)19-30-26(27(28)29)25-17-9-21(6-4-2)10-18-25/h3-6,11-12,15-16,20-21,23,25-27H,7-10,13-14,17-19H2,1-2H3/b5-3+,6-4+. The first-order chi connectivity index (χ1) is 14.6. The zero-order chi connectivity index (χ0) is 21.3. The molecule has 2 saturated carbocycles. The topological polar surface area (TPSA) is 9.23 Å². The fourth-order valence-electron chi connectivity index (χ4n) is 5.35. The van der Waals surface area contributed by atoms with Gasteiger partial charge < -0.3 is 4.74 Å². The molecule has 0 aliphatic heterocycles. The van der Waals surface area contributed by atoms with Crippen LogP contribution in [0.2, 0.25) is 0 Å². The van der Waals surface area contributed by atoms with Crippen LogP contribution < -0.4 is 0 Å². The van der Waals surface area contributed by atoms with Gasteiger partial charge in [0.15, 0.2) is 0 Å². The highest BCUT2D eigenvalue weighted by Crippen LogP contribution is 2.37. The maximum atomic E-state index is 13.7. The second-order valence-corrected chi connectivity index (χ2v) is 9.19. The van der Waals surface area contributed by atoms with Crippen molar-refractivity contribution in [2.24, 2.45) is 17.8 Å². The number of halogens is 2. The second kappa shape index (κ2) is 11.8. The molecule has 0 radical (unpaired) electrons. The van der Waals surface area contributed by atoms with Gasteiger partial charge in [-0.3, -0.25) is 0 Å². The summed E-state index contributed by atoms with van der Waals surface area (Å²) in [6.45, 7) is 4.40. The molecule has 0 aromatic heterocycles. The number of alkyl halides is 2. The highest BCUT2D eigenvalue weighted by Gasteiger charge is 2.33. The van der Waals surface area contributed by atoms with E-state index in [4.69, 9.17) is 4.74 Å². The van der Waals surface area contributed by atoms with Crippen LogP contribution in [0.3, 0.4) is 0 Å². The molecule has 0 N–H and O–H groups in total. The molecule has 1 nitrogen and oxygen atoms in total. The fourth-order valence-corrected chi connectivity index (χ4v) is 5.35. The SMILES string of the molecule is C/C=C/C1CCC(c2ccc(COC(C(F)F)C3CCC(/C=C/C)CC3)cc2)CC1. The first-order valence-electron chi connectivity index (χ1n) is 11.8. The van der Waals surface area contributed by atoms with Gasteiger partial charge in [0, 0.05) is 0 Å². The van der Waals surface area contributed by atoms with Gasteiger partial charge in [0.25, 0.3) is 6.43 Å². The summed E-state index contributed by atoms with van der Waals surface area (Å²) in [7, 11) is 0. The fraction of sp³-hybridized carbons (Fsp3) is 0.630. The van der Waals surface area contributed by atoms with E-state index in [-0.39, 0.29) is 12.5 Å². The van der Waals surface area contributed by atoms with Gasteiger partial charge in [0.05, 0.1) is 6.61 Å². The van der Waals surface area contributed by atoms with E-state index in [9.17, 15) is 8.78 Å². The number of benzene rings is 1. The van der Waals surface area contributed by atoms with E-state index >= 15 is 0 Å². The second-order valence-electron chi connectivity index (χ2n) is 9.19. The van der Waals surface area contributed by atoms with E-state index in [2.05, 4.69) is 55.5 Å². The summed E-state index contributed by atoms with van der Waals surface area (Å²) in [5.41, 5.74) is 2.37. The normalized spacial score (nSPS) is 29.1. The Morgan fingerprint density at radius 2 is 1.37 bits per heavy atom. The molecule has 0 saturated heterocycles. The van der Waals surface area contributed by atoms with Crippen LogP contribution in [0.5, 0.6) is 0 Å². The van der Waals surface area contributed by atoms with Crippen LogP contribution in [-0.2, 0) is 11.3 Å². The van der Waals surface area contributed by atoms with Gasteiger partial charge in [-0.05, 0) is 100 Å². The Bertz CT molecular complexity index is 663. The van der Waals surface area contributed by atoms with Crippen molar-refractivity contribution in [1.82, 2.24) is 0 Å². The van der Waals surface area contributed by atoms with E-state index in [0.717, 1.165) is 37.2 Å². The zero-order valence-electron chi connectivity index (χ0n) is 18.6. The molecule has 2 aliphatic rings. The van der Waals surface area contributed by atoms with Crippen molar-refractivity contribution in [3.8, 4) is 0 Å². The Morgan fingerprint density at radius 1 is 0.833 bits per heavy atom. The summed E-state index contributed by atoms with van der Waals surface area (Å²) < 4.78 is 33.1. The highest BCUT2D eigenvalue weighted by molar-refractivity contribution is 5.25. The highest BCUT2D eigenvalue weighted by atomic mass is 19.3. The molecule has 1 atom stereocenters. The summed E-state index contributed by atoms with van der Waals surface area (Å²) in [6.07, 6.45) is 14.0. The van der Waals surface area contributed by atoms with Crippen molar-refractivity contribution in [1.29, 1.82) is 0 Å². The Hall–Kier alpha value is -1.48. The van der Waals surface area contributed by atoms with E-state index in [1.54, 1.807) is 0 Å². The molecule has 2 aliphatic carbocycles. The Morgan fingerprint density at radius 3 is 1.87 bits per heavy atom. The maximum absolute atomic E-state index is 13.7. The van der Waals surface area contributed by atoms with Crippen molar-refractivity contribution in [2.75, 3.05) is 0 Å². The lowest BCUT2D eigenvalue weighted by molar-refractivity contribution is -0.101. The third-order valence-corrected chi connectivity index (χ3v) is 7.12. The van der Waals surface area contributed by atoms with Crippen LogP contribution in [0.1, 0.15) is 82.3 Å². The lowest BCUT2D eigenvalue weighted by Crippen LogP contribution is -2.33. The predicted octanol–water partition coefficient (Wildman–Crippen LogP) is 8.07. The van der Waals surface area contributed by atoms with Crippen molar-refractivity contribution in [3.05, 3.63) is 59.7 Å². The van der Waals surface area contributed by atoms with Crippen LogP contribution in [0.25, 0.3) is 0 Å². The number of hydrogen-bond acceptors (Lipinski definition) is 1. The number of rotatable bonds is 8. The quantitative estimate of drug-likeness (QED) is 0.389. The first kappa shape index (κ1) is 23.2. The van der Waals surface area contributed by atoms with Gasteiger partial charge in [-0.25, -0.2) is 8.78 Å². The largest absolute Gasteiger partial charge is 0.367 e. The van der Waals surface area contributed by atoms with Gasteiger partial charge in [-0.2, -0.15) is 0 Å². The molecule has 0 heterocycles. The Labute approximate surface area is 181 Å². The summed E-state index contributed by atoms with van der Waals surface area (Å²) in [4.78, 5) is 0. The van der Waals surface area contributed by atoms with Gasteiger partial charge >= 0.3 is 0 Å². The third kappa shape index (κ3) is 6.51. The molecular formula is C27H38F2O. The average molecular weight is 417 g/mol. The molecule has 0 bridgehead atoms. The number of hydrogen-bond donors (Lipinski definition) is 0. The Balaban J connectivity index is 1.49. The summed E-state index contributed by atoms with van der Waals surface area (Å²) >= 11 is 0. The molecular weight excluding hydrogens is 378 g/mol. The van der Waals surface area contributed by atoms with Crippen molar-refractivity contribution >= 4 is 0 Å². The average Bonchev–Trinajstić information content (AvgIpc) is 2.76. The zero-order valence-corrected chi connectivity index (χ0v) is 18.6. The van der Waals surface area contributed by atoms with Crippen LogP contribution in [0.4, 0.5) is 8.78 Å². The van der Waals surface area contributed by atoms with Crippen molar-refractivity contribution < 1.29 is 13.5 Å². The minimum absolute atomic E-state index is 0.0295. The molecule has 1 unspecified atom stereocenters. The van der Waals surface area contributed by atoms with Crippen LogP contribution in [0, 0.1) is 17.8 Å². The molecule has 30 heavy (non-hydrogen) atoms. The molecule has 3 heteroatoms.